The lowest BCUT2D eigenvalue weighted by molar-refractivity contribution is 0.411. The molecule has 0 aromatic heterocycles. The Balaban J connectivity index is 2.74. The molecule has 0 bridgehead atoms. The Morgan fingerprint density at radius 2 is 2.11 bits per heavy atom. The molecular formula is C15H25NO2S. The first-order valence-corrected chi connectivity index (χ1v) is 8.41. The van der Waals surface area contributed by atoms with Crippen molar-refractivity contribution < 1.29 is 8.95 Å². The van der Waals surface area contributed by atoms with Gasteiger partial charge in [0.25, 0.3) is 0 Å². The molecule has 1 rings (SSSR count). The molecule has 19 heavy (non-hydrogen) atoms. The molecule has 4 heteroatoms. The van der Waals surface area contributed by atoms with Gasteiger partial charge in [0.05, 0.1) is 12.9 Å². The fourth-order valence-electron chi connectivity index (χ4n) is 1.87. The zero-order chi connectivity index (χ0) is 14.1. The lowest BCUT2D eigenvalue weighted by Crippen LogP contribution is -2.12. The molecule has 0 aliphatic heterocycles. The maximum atomic E-state index is 12.0. The van der Waals surface area contributed by atoms with Crippen molar-refractivity contribution in [2.45, 2.75) is 39.0 Å². The number of rotatable bonds is 9. The predicted octanol–water partition coefficient (Wildman–Crippen LogP) is 2.85. The quantitative estimate of drug-likeness (QED) is 0.757. The highest BCUT2D eigenvalue weighted by molar-refractivity contribution is 7.84. The molecule has 0 saturated carbocycles. The van der Waals surface area contributed by atoms with Gasteiger partial charge >= 0.3 is 0 Å². The third-order valence-electron chi connectivity index (χ3n) is 2.97. The predicted molar refractivity (Wildman–Crippen MR) is 82.0 cm³/mol. The normalized spacial score (nSPS) is 12.4. The first-order chi connectivity index (χ1) is 9.21. The molecular weight excluding hydrogens is 258 g/mol. The maximum Gasteiger partial charge on any atom is 0.123 e. The van der Waals surface area contributed by atoms with Gasteiger partial charge in [0.2, 0.25) is 0 Å². The van der Waals surface area contributed by atoms with Crippen LogP contribution in [0, 0.1) is 0 Å². The minimum atomic E-state index is -0.797. The SMILES string of the molecule is CCCCS(=O)Cc1cc(CNCC)ccc1OC. The second kappa shape index (κ2) is 9.10. The number of hydrogen-bond acceptors (Lipinski definition) is 3. The second-order valence-electron chi connectivity index (χ2n) is 4.57. The lowest BCUT2D eigenvalue weighted by Gasteiger charge is -2.11. The van der Waals surface area contributed by atoms with E-state index in [9.17, 15) is 4.21 Å². The second-order valence-corrected chi connectivity index (χ2v) is 6.14. The molecule has 0 spiro atoms. The molecule has 1 aromatic carbocycles. The van der Waals surface area contributed by atoms with E-state index in [2.05, 4.69) is 31.3 Å². The zero-order valence-corrected chi connectivity index (χ0v) is 13.0. The van der Waals surface area contributed by atoms with Gasteiger partial charge in [0.15, 0.2) is 0 Å². The summed E-state index contributed by atoms with van der Waals surface area (Å²) in [5.41, 5.74) is 2.26. The summed E-state index contributed by atoms with van der Waals surface area (Å²) in [6, 6.07) is 6.13. The molecule has 0 aliphatic carbocycles. The van der Waals surface area contributed by atoms with E-state index in [1.54, 1.807) is 7.11 Å². The van der Waals surface area contributed by atoms with Gasteiger partial charge in [0, 0.05) is 28.7 Å². The van der Waals surface area contributed by atoms with Crippen LogP contribution in [-0.2, 0) is 23.1 Å². The van der Waals surface area contributed by atoms with Crippen molar-refractivity contribution in [2.24, 2.45) is 0 Å². The monoisotopic (exact) mass is 283 g/mol. The fraction of sp³-hybridized carbons (Fsp3) is 0.600. The van der Waals surface area contributed by atoms with E-state index < -0.39 is 10.8 Å². The Morgan fingerprint density at radius 1 is 1.32 bits per heavy atom. The Bertz CT molecular complexity index is 407. The highest BCUT2D eigenvalue weighted by Gasteiger charge is 2.08. The van der Waals surface area contributed by atoms with Crippen LogP contribution in [0.4, 0.5) is 0 Å². The van der Waals surface area contributed by atoms with Gasteiger partial charge in [-0.1, -0.05) is 26.3 Å². The zero-order valence-electron chi connectivity index (χ0n) is 12.2. The largest absolute Gasteiger partial charge is 0.496 e. The molecule has 1 N–H and O–H groups in total. The van der Waals surface area contributed by atoms with E-state index in [-0.39, 0.29) is 0 Å². The van der Waals surface area contributed by atoms with Gasteiger partial charge in [-0.25, -0.2) is 0 Å². The number of hydrogen-bond donors (Lipinski definition) is 1. The highest BCUT2D eigenvalue weighted by atomic mass is 32.2. The van der Waals surface area contributed by atoms with Gasteiger partial charge in [-0.2, -0.15) is 0 Å². The summed E-state index contributed by atoms with van der Waals surface area (Å²) in [6.07, 6.45) is 2.11. The molecule has 1 unspecified atom stereocenters. The molecule has 0 amide bonds. The first kappa shape index (κ1) is 16.2. The van der Waals surface area contributed by atoms with Crippen molar-refractivity contribution in [1.29, 1.82) is 0 Å². The minimum absolute atomic E-state index is 0.586. The Morgan fingerprint density at radius 3 is 2.74 bits per heavy atom. The number of methoxy groups -OCH3 is 1. The van der Waals surface area contributed by atoms with Crippen molar-refractivity contribution in [3.05, 3.63) is 29.3 Å². The Kier molecular flexibility index (Phi) is 7.75. The molecule has 1 atom stereocenters. The number of unbranched alkanes of at least 4 members (excludes halogenated alkanes) is 1. The summed E-state index contributed by atoms with van der Waals surface area (Å²) < 4.78 is 17.4. The van der Waals surface area contributed by atoms with Gasteiger partial charge in [-0.3, -0.25) is 4.21 Å². The molecule has 108 valence electrons. The Hall–Kier alpha value is -0.870. The van der Waals surface area contributed by atoms with Crippen LogP contribution >= 0.6 is 0 Å². The fourth-order valence-corrected chi connectivity index (χ4v) is 3.20. The van der Waals surface area contributed by atoms with E-state index in [1.165, 1.54) is 5.56 Å². The number of nitrogens with one attached hydrogen (secondary N) is 1. The third-order valence-corrected chi connectivity index (χ3v) is 4.34. The van der Waals surface area contributed by atoms with Crippen LogP contribution in [0.5, 0.6) is 5.75 Å². The third kappa shape index (κ3) is 5.74. The van der Waals surface area contributed by atoms with Crippen LogP contribution in [-0.4, -0.2) is 23.6 Å². The van der Waals surface area contributed by atoms with Gasteiger partial charge in [0.1, 0.15) is 5.75 Å². The van der Waals surface area contributed by atoms with Crippen LogP contribution in [0.15, 0.2) is 18.2 Å². The van der Waals surface area contributed by atoms with Crippen LogP contribution in [0.2, 0.25) is 0 Å². The molecule has 0 radical (unpaired) electrons. The van der Waals surface area contributed by atoms with Crippen molar-refractivity contribution in [2.75, 3.05) is 19.4 Å². The van der Waals surface area contributed by atoms with Crippen LogP contribution in [0.25, 0.3) is 0 Å². The van der Waals surface area contributed by atoms with Crippen molar-refractivity contribution in [3.63, 3.8) is 0 Å². The standard InChI is InChI=1S/C15H25NO2S/c1-4-6-9-19(17)12-14-10-13(11-16-5-2)7-8-15(14)18-3/h7-8,10,16H,4-6,9,11-12H2,1-3H3. The van der Waals surface area contributed by atoms with Gasteiger partial charge in [-0.05, 0) is 30.7 Å². The van der Waals surface area contributed by atoms with Crippen LogP contribution < -0.4 is 10.1 Å². The number of ether oxygens (including phenoxy) is 1. The van der Waals surface area contributed by atoms with E-state index in [4.69, 9.17) is 4.74 Å². The first-order valence-electron chi connectivity index (χ1n) is 6.92. The summed E-state index contributed by atoms with van der Waals surface area (Å²) >= 11 is 0. The van der Waals surface area contributed by atoms with Gasteiger partial charge < -0.3 is 10.1 Å². The topological polar surface area (TPSA) is 38.3 Å². The van der Waals surface area contributed by atoms with Crippen molar-refractivity contribution in [3.8, 4) is 5.75 Å². The van der Waals surface area contributed by atoms with Crippen molar-refractivity contribution in [1.82, 2.24) is 5.32 Å². The molecule has 0 aliphatic rings. The summed E-state index contributed by atoms with van der Waals surface area (Å²) in [5.74, 6) is 2.20. The summed E-state index contributed by atoms with van der Waals surface area (Å²) in [6.45, 7) is 6.00. The summed E-state index contributed by atoms with van der Waals surface area (Å²) in [4.78, 5) is 0. The molecule has 0 heterocycles. The molecule has 0 saturated heterocycles. The molecule has 1 aromatic rings. The van der Waals surface area contributed by atoms with Gasteiger partial charge in [-0.15, -0.1) is 0 Å². The highest BCUT2D eigenvalue weighted by Crippen LogP contribution is 2.21. The van der Waals surface area contributed by atoms with E-state index in [0.29, 0.717) is 5.75 Å². The Labute approximate surface area is 119 Å². The summed E-state index contributed by atoms with van der Waals surface area (Å²) in [5, 5.41) is 3.30. The van der Waals surface area contributed by atoms with E-state index >= 15 is 0 Å². The minimum Gasteiger partial charge on any atom is -0.496 e. The number of benzene rings is 1. The van der Waals surface area contributed by atoms with E-state index in [1.807, 2.05) is 6.07 Å². The molecule has 3 nitrogen and oxygen atoms in total. The smallest absolute Gasteiger partial charge is 0.123 e. The average Bonchev–Trinajstić information content (AvgIpc) is 2.43. The maximum absolute atomic E-state index is 12.0. The lowest BCUT2D eigenvalue weighted by atomic mass is 10.1. The van der Waals surface area contributed by atoms with Crippen LogP contribution in [0.1, 0.15) is 37.8 Å². The molecule has 0 fully saturated rings. The van der Waals surface area contributed by atoms with E-state index in [0.717, 1.165) is 43.0 Å². The van der Waals surface area contributed by atoms with Crippen LogP contribution in [0.3, 0.4) is 0 Å². The average molecular weight is 283 g/mol. The van der Waals surface area contributed by atoms with Crippen molar-refractivity contribution >= 4 is 10.8 Å². The summed E-state index contributed by atoms with van der Waals surface area (Å²) in [7, 11) is 0.867.